The molecule has 14 heavy (non-hydrogen) atoms. The first-order chi connectivity index (χ1) is 6.60. The highest BCUT2D eigenvalue weighted by Crippen LogP contribution is 1.92. The van der Waals surface area contributed by atoms with Gasteiger partial charge in [-0.25, -0.2) is 0 Å². The normalized spacial score (nSPS) is 11.2. The van der Waals surface area contributed by atoms with Crippen molar-refractivity contribution < 1.29 is 9.90 Å². The lowest BCUT2D eigenvalue weighted by Crippen LogP contribution is -2.34. The Kier molecular flexibility index (Phi) is 7.42. The Bertz CT molecular complexity index is 162. The van der Waals surface area contributed by atoms with E-state index >= 15 is 0 Å². The molecule has 4 heteroatoms. The van der Waals surface area contributed by atoms with Crippen LogP contribution in [0.4, 0.5) is 0 Å². The number of carboxylic acid groups (broad SMARTS) is 1. The molecule has 0 spiro atoms. The van der Waals surface area contributed by atoms with Crippen LogP contribution >= 0.6 is 0 Å². The van der Waals surface area contributed by atoms with Crippen molar-refractivity contribution in [2.24, 2.45) is 0 Å². The summed E-state index contributed by atoms with van der Waals surface area (Å²) in [6, 6.07) is 0. The predicted molar refractivity (Wildman–Crippen MR) is 57.5 cm³/mol. The van der Waals surface area contributed by atoms with Crippen LogP contribution < -0.4 is 0 Å². The van der Waals surface area contributed by atoms with Gasteiger partial charge in [-0.05, 0) is 20.1 Å². The maximum Gasteiger partial charge on any atom is 0.304 e. The molecule has 0 aromatic heterocycles. The van der Waals surface area contributed by atoms with Crippen molar-refractivity contribution in [3.05, 3.63) is 0 Å². The molecule has 0 aliphatic heterocycles. The van der Waals surface area contributed by atoms with E-state index in [0.29, 0.717) is 6.54 Å². The molecule has 0 aromatic carbocycles. The zero-order valence-corrected chi connectivity index (χ0v) is 9.49. The first kappa shape index (κ1) is 13.4. The summed E-state index contributed by atoms with van der Waals surface area (Å²) in [5.74, 6) is -0.715. The van der Waals surface area contributed by atoms with Gasteiger partial charge >= 0.3 is 5.97 Å². The van der Waals surface area contributed by atoms with E-state index in [1.165, 1.54) is 0 Å². The topological polar surface area (TPSA) is 43.8 Å². The van der Waals surface area contributed by atoms with E-state index in [4.69, 9.17) is 5.11 Å². The van der Waals surface area contributed by atoms with Crippen molar-refractivity contribution in [1.29, 1.82) is 0 Å². The lowest BCUT2D eigenvalue weighted by molar-refractivity contribution is -0.137. The molecule has 0 atom stereocenters. The number of likely N-dealkylation sites (N-methyl/N-ethyl adjacent to an activating group) is 2. The molecule has 1 N–H and O–H groups in total. The molecular formula is C10H22N2O2. The highest BCUT2D eigenvalue weighted by molar-refractivity contribution is 5.66. The fourth-order valence-corrected chi connectivity index (χ4v) is 1.15. The maximum absolute atomic E-state index is 10.4. The summed E-state index contributed by atoms with van der Waals surface area (Å²) in [6.07, 6.45) is 0.240. The summed E-state index contributed by atoms with van der Waals surface area (Å²) in [5, 5.41) is 8.54. The minimum absolute atomic E-state index is 0.240. The maximum atomic E-state index is 10.4. The predicted octanol–water partition coefficient (Wildman–Crippen LogP) is 0.735. The third-order valence-electron chi connectivity index (χ3n) is 2.43. The standard InChI is InChI=1S/C10H22N2O2/c1-4-11(3)8-9-12(5-2)7-6-10(13)14/h4-9H2,1-3H3,(H,13,14). The third kappa shape index (κ3) is 6.86. The second kappa shape index (κ2) is 7.76. The van der Waals surface area contributed by atoms with Crippen molar-refractivity contribution >= 4 is 5.97 Å². The van der Waals surface area contributed by atoms with Crippen LogP contribution in [-0.4, -0.2) is 60.6 Å². The molecule has 4 nitrogen and oxygen atoms in total. The molecule has 0 aliphatic rings. The van der Waals surface area contributed by atoms with Crippen molar-refractivity contribution in [3.8, 4) is 0 Å². The van der Waals surface area contributed by atoms with Gasteiger partial charge in [0.2, 0.25) is 0 Å². The van der Waals surface area contributed by atoms with E-state index in [1.807, 2.05) is 0 Å². The third-order valence-corrected chi connectivity index (χ3v) is 2.43. The molecule has 0 bridgehead atoms. The van der Waals surface area contributed by atoms with Gasteiger partial charge in [0.1, 0.15) is 0 Å². The molecular weight excluding hydrogens is 180 g/mol. The number of rotatable bonds is 8. The van der Waals surface area contributed by atoms with E-state index in [9.17, 15) is 4.79 Å². The van der Waals surface area contributed by atoms with Crippen molar-refractivity contribution in [2.45, 2.75) is 20.3 Å². The first-order valence-corrected chi connectivity index (χ1v) is 5.22. The average molecular weight is 202 g/mol. The quantitative estimate of drug-likeness (QED) is 0.630. The molecule has 0 unspecified atom stereocenters. The van der Waals surface area contributed by atoms with Crippen LogP contribution in [0.15, 0.2) is 0 Å². The van der Waals surface area contributed by atoms with Crippen LogP contribution in [0, 0.1) is 0 Å². The Labute approximate surface area is 86.5 Å². The van der Waals surface area contributed by atoms with Gasteiger partial charge < -0.3 is 14.9 Å². The van der Waals surface area contributed by atoms with Crippen molar-refractivity contribution in [2.75, 3.05) is 39.8 Å². The number of carbonyl (C=O) groups is 1. The second-order valence-corrected chi connectivity index (χ2v) is 3.47. The number of hydrogen-bond acceptors (Lipinski definition) is 3. The second-order valence-electron chi connectivity index (χ2n) is 3.47. The van der Waals surface area contributed by atoms with Gasteiger partial charge in [-0.1, -0.05) is 13.8 Å². The van der Waals surface area contributed by atoms with E-state index < -0.39 is 5.97 Å². The summed E-state index contributed by atoms with van der Waals surface area (Å²) in [4.78, 5) is 14.8. The summed E-state index contributed by atoms with van der Waals surface area (Å²) in [6.45, 7) is 8.75. The largest absolute Gasteiger partial charge is 0.481 e. The minimum atomic E-state index is -0.715. The van der Waals surface area contributed by atoms with E-state index in [0.717, 1.165) is 26.2 Å². The van der Waals surface area contributed by atoms with Crippen LogP contribution in [0.5, 0.6) is 0 Å². The minimum Gasteiger partial charge on any atom is -0.481 e. The highest BCUT2D eigenvalue weighted by atomic mass is 16.4. The van der Waals surface area contributed by atoms with Crippen LogP contribution in [0.3, 0.4) is 0 Å². The average Bonchev–Trinajstić information content (AvgIpc) is 2.17. The van der Waals surface area contributed by atoms with E-state index in [-0.39, 0.29) is 6.42 Å². The van der Waals surface area contributed by atoms with E-state index in [1.54, 1.807) is 0 Å². The number of aliphatic carboxylic acids is 1. The SMILES string of the molecule is CCN(C)CCN(CC)CCC(=O)O. The Morgan fingerprint density at radius 3 is 2.21 bits per heavy atom. The summed E-state index contributed by atoms with van der Waals surface area (Å²) >= 11 is 0. The van der Waals surface area contributed by atoms with Gasteiger partial charge in [-0.3, -0.25) is 4.79 Å². The number of nitrogens with zero attached hydrogens (tertiary/aromatic N) is 2. The molecule has 84 valence electrons. The Morgan fingerprint density at radius 2 is 1.79 bits per heavy atom. The van der Waals surface area contributed by atoms with Crippen LogP contribution in [0.1, 0.15) is 20.3 Å². The first-order valence-electron chi connectivity index (χ1n) is 5.22. The lowest BCUT2D eigenvalue weighted by Gasteiger charge is -2.22. The smallest absolute Gasteiger partial charge is 0.304 e. The number of hydrogen-bond donors (Lipinski definition) is 1. The zero-order valence-electron chi connectivity index (χ0n) is 9.49. The molecule has 0 saturated heterocycles. The van der Waals surface area contributed by atoms with Gasteiger partial charge in [0.15, 0.2) is 0 Å². The summed E-state index contributed by atoms with van der Waals surface area (Å²) < 4.78 is 0. The molecule has 0 fully saturated rings. The van der Waals surface area contributed by atoms with Crippen molar-refractivity contribution in [3.63, 3.8) is 0 Å². The van der Waals surface area contributed by atoms with Gasteiger partial charge in [-0.2, -0.15) is 0 Å². The zero-order chi connectivity index (χ0) is 11.0. The van der Waals surface area contributed by atoms with Gasteiger partial charge in [0, 0.05) is 19.6 Å². The molecule has 0 amide bonds. The monoisotopic (exact) mass is 202 g/mol. The molecule has 0 saturated carbocycles. The van der Waals surface area contributed by atoms with Crippen LogP contribution in [0.2, 0.25) is 0 Å². The highest BCUT2D eigenvalue weighted by Gasteiger charge is 2.05. The van der Waals surface area contributed by atoms with Gasteiger partial charge in [0.25, 0.3) is 0 Å². The fourth-order valence-electron chi connectivity index (χ4n) is 1.15. The molecule has 0 heterocycles. The molecule has 0 rings (SSSR count). The van der Waals surface area contributed by atoms with E-state index in [2.05, 4.69) is 30.7 Å². The van der Waals surface area contributed by atoms with Gasteiger partial charge in [-0.15, -0.1) is 0 Å². The Hall–Kier alpha value is -0.610. The summed E-state index contributed by atoms with van der Waals surface area (Å²) in [5.41, 5.74) is 0. The summed E-state index contributed by atoms with van der Waals surface area (Å²) in [7, 11) is 2.07. The fraction of sp³-hybridized carbons (Fsp3) is 0.900. The van der Waals surface area contributed by atoms with Gasteiger partial charge in [0.05, 0.1) is 6.42 Å². The lowest BCUT2D eigenvalue weighted by atomic mass is 10.3. The molecule has 0 aliphatic carbocycles. The van der Waals surface area contributed by atoms with Crippen LogP contribution in [-0.2, 0) is 4.79 Å². The number of carboxylic acids is 1. The van der Waals surface area contributed by atoms with Crippen molar-refractivity contribution in [1.82, 2.24) is 9.80 Å². The van der Waals surface area contributed by atoms with Crippen LogP contribution in [0.25, 0.3) is 0 Å². The Balaban J connectivity index is 3.62. The molecule has 0 aromatic rings. The molecule has 0 radical (unpaired) electrons. The Morgan fingerprint density at radius 1 is 1.14 bits per heavy atom.